The number of nitrogen functional groups attached to an aromatic ring is 1. The zero-order valence-corrected chi connectivity index (χ0v) is 10.00. The number of para-hydroxylation sites is 1. The highest BCUT2D eigenvalue weighted by molar-refractivity contribution is 6.17. The van der Waals surface area contributed by atoms with Gasteiger partial charge in [0.05, 0.1) is 0 Å². The lowest BCUT2D eigenvalue weighted by Crippen LogP contribution is -2.55. The van der Waals surface area contributed by atoms with Gasteiger partial charge < -0.3 is 21.7 Å². The molecule has 1 unspecified atom stereocenters. The van der Waals surface area contributed by atoms with Gasteiger partial charge in [-0.2, -0.15) is 0 Å². The van der Waals surface area contributed by atoms with Gasteiger partial charge in [-0.25, -0.2) is 4.79 Å². The summed E-state index contributed by atoms with van der Waals surface area (Å²) in [6.45, 7) is 0. The number of benzene rings is 1. The van der Waals surface area contributed by atoms with E-state index >= 15 is 0 Å². The van der Waals surface area contributed by atoms with Gasteiger partial charge in [-0.05, 0) is 18.6 Å². The third-order valence-corrected chi connectivity index (χ3v) is 2.73. The summed E-state index contributed by atoms with van der Waals surface area (Å²) in [5, 5.41) is 17.7. The van der Waals surface area contributed by atoms with E-state index < -0.39 is 36.1 Å². The molecule has 1 aromatic rings. The van der Waals surface area contributed by atoms with Crippen LogP contribution >= 0.6 is 0 Å². The number of carbonyl (C=O) groups is 3. The van der Waals surface area contributed by atoms with Gasteiger partial charge in [0.1, 0.15) is 0 Å². The molecule has 1 rings (SSSR count). The Labute approximate surface area is 108 Å². The van der Waals surface area contributed by atoms with Gasteiger partial charge in [-0.3, -0.25) is 9.59 Å². The molecule has 0 bridgehead atoms. The first-order valence-corrected chi connectivity index (χ1v) is 5.42. The number of ketones is 1. The molecular formula is C12H14N2O5. The normalized spacial score (nSPS) is 13.5. The summed E-state index contributed by atoms with van der Waals surface area (Å²) in [6, 6.07) is 5.89. The van der Waals surface area contributed by atoms with Gasteiger partial charge in [0.15, 0.2) is 11.3 Å². The summed E-state index contributed by atoms with van der Waals surface area (Å²) in [5.41, 5.74) is 8.92. The maximum atomic E-state index is 12.2. The zero-order chi connectivity index (χ0) is 14.6. The van der Waals surface area contributed by atoms with Crippen LogP contribution < -0.4 is 11.5 Å². The molecule has 7 heteroatoms. The Morgan fingerprint density at radius 2 is 1.74 bits per heavy atom. The topological polar surface area (TPSA) is 144 Å². The van der Waals surface area contributed by atoms with Crippen LogP contribution in [-0.4, -0.2) is 33.5 Å². The molecule has 0 saturated carbocycles. The fourth-order valence-corrected chi connectivity index (χ4v) is 1.57. The molecule has 0 saturated heterocycles. The van der Waals surface area contributed by atoms with Crippen LogP contribution in [0.3, 0.4) is 0 Å². The second-order valence-corrected chi connectivity index (χ2v) is 4.09. The number of rotatable bonds is 6. The average molecular weight is 266 g/mol. The van der Waals surface area contributed by atoms with Crippen molar-refractivity contribution in [1.82, 2.24) is 0 Å². The number of anilines is 1. The molecule has 0 aliphatic rings. The third-order valence-electron chi connectivity index (χ3n) is 2.73. The van der Waals surface area contributed by atoms with E-state index in [1.807, 2.05) is 0 Å². The summed E-state index contributed by atoms with van der Waals surface area (Å²) in [4.78, 5) is 33.9. The zero-order valence-electron chi connectivity index (χ0n) is 10.00. The van der Waals surface area contributed by atoms with Crippen LogP contribution in [0.15, 0.2) is 24.3 Å². The van der Waals surface area contributed by atoms with Crippen molar-refractivity contribution in [2.75, 3.05) is 5.73 Å². The highest BCUT2D eigenvalue weighted by atomic mass is 16.4. The summed E-state index contributed by atoms with van der Waals surface area (Å²) >= 11 is 0. The molecule has 6 N–H and O–H groups in total. The van der Waals surface area contributed by atoms with Crippen molar-refractivity contribution in [1.29, 1.82) is 0 Å². The molecule has 0 radical (unpaired) electrons. The van der Waals surface area contributed by atoms with Crippen LogP contribution in [0.25, 0.3) is 0 Å². The fraction of sp³-hybridized carbons (Fsp3) is 0.250. The largest absolute Gasteiger partial charge is 0.481 e. The van der Waals surface area contributed by atoms with Crippen LogP contribution in [0.2, 0.25) is 0 Å². The van der Waals surface area contributed by atoms with E-state index in [9.17, 15) is 14.4 Å². The maximum Gasteiger partial charge on any atom is 0.331 e. The number of aliphatic carboxylic acids is 2. The minimum Gasteiger partial charge on any atom is -0.481 e. The number of hydrogen-bond donors (Lipinski definition) is 4. The quantitative estimate of drug-likeness (QED) is 0.324. The van der Waals surface area contributed by atoms with Gasteiger partial charge in [0, 0.05) is 17.7 Å². The lowest BCUT2D eigenvalue weighted by molar-refractivity contribution is -0.142. The highest BCUT2D eigenvalue weighted by Crippen LogP contribution is 2.21. The fourth-order valence-electron chi connectivity index (χ4n) is 1.57. The van der Waals surface area contributed by atoms with E-state index in [4.69, 9.17) is 21.7 Å². The van der Waals surface area contributed by atoms with Crippen molar-refractivity contribution in [2.24, 2.45) is 5.73 Å². The Bertz CT molecular complexity index is 529. The molecule has 0 aromatic heterocycles. The van der Waals surface area contributed by atoms with Crippen molar-refractivity contribution < 1.29 is 24.6 Å². The highest BCUT2D eigenvalue weighted by Gasteiger charge is 2.43. The number of carbonyl (C=O) groups excluding carboxylic acids is 1. The molecular weight excluding hydrogens is 252 g/mol. The number of nitrogens with two attached hydrogens (primary N) is 2. The van der Waals surface area contributed by atoms with E-state index in [1.54, 1.807) is 6.07 Å². The van der Waals surface area contributed by atoms with Crippen molar-refractivity contribution >= 4 is 23.4 Å². The molecule has 0 fully saturated rings. The van der Waals surface area contributed by atoms with Gasteiger partial charge in [-0.15, -0.1) is 0 Å². The van der Waals surface area contributed by atoms with E-state index in [1.165, 1.54) is 18.2 Å². The van der Waals surface area contributed by atoms with Crippen molar-refractivity contribution in [3.8, 4) is 0 Å². The monoisotopic (exact) mass is 266 g/mol. The van der Waals surface area contributed by atoms with Crippen molar-refractivity contribution in [3.63, 3.8) is 0 Å². The Morgan fingerprint density at radius 3 is 2.21 bits per heavy atom. The molecule has 0 aliphatic heterocycles. The van der Waals surface area contributed by atoms with Gasteiger partial charge in [0.2, 0.25) is 0 Å². The third kappa shape index (κ3) is 3.08. The van der Waals surface area contributed by atoms with Gasteiger partial charge in [0.25, 0.3) is 0 Å². The number of carboxylic acids is 2. The lowest BCUT2D eigenvalue weighted by atomic mass is 9.85. The lowest BCUT2D eigenvalue weighted by Gasteiger charge is -2.23. The smallest absolute Gasteiger partial charge is 0.331 e. The molecule has 7 nitrogen and oxygen atoms in total. The maximum absolute atomic E-state index is 12.2. The van der Waals surface area contributed by atoms with Crippen LogP contribution in [0, 0.1) is 0 Å². The average Bonchev–Trinajstić information content (AvgIpc) is 2.35. The van der Waals surface area contributed by atoms with Crippen LogP contribution in [0.4, 0.5) is 5.69 Å². The number of carboxylic acid groups (broad SMARTS) is 2. The SMILES string of the molecule is Nc1ccccc1C(=O)C(N)(CCC(=O)O)C(=O)O. The predicted octanol–water partition coefficient (Wildman–Crippen LogP) is 0.0984. The van der Waals surface area contributed by atoms with E-state index in [-0.39, 0.29) is 11.3 Å². The molecule has 0 spiro atoms. The Hall–Kier alpha value is -2.41. The Kier molecular flexibility index (Phi) is 4.23. The second-order valence-electron chi connectivity index (χ2n) is 4.09. The Balaban J connectivity index is 3.13. The van der Waals surface area contributed by atoms with Crippen LogP contribution in [0.1, 0.15) is 23.2 Å². The molecule has 0 aliphatic carbocycles. The standard InChI is InChI=1S/C12H14N2O5/c13-8-4-2-1-3-7(8)10(17)12(14,11(18)19)6-5-9(15)16/h1-4H,5-6,13-14H2,(H,15,16)(H,18,19). The first-order chi connectivity index (χ1) is 8.79. The molecule has 0 amide bonds. The minimum atomic E-state index is -2.30. The van der Waals surface area contributed by atoms with E-state index in [0.717, 1.165) is 0 Å². The Morgan fingerprint density at radius 1 is 1.16 bits per heavy atom. The van der Waals surface area contributed by atoms with Crippen molar-refractivity contribution in [3.05, 3.63) is 29.8 Å². The number of hydrogen-bond acceptors (Lipinski definition) is 5. The molecule has 1 atom stereocenters. The van der Waals surface area contributed by atoms with E-state index in [0.29, 0.717) is 0 Å². The van der Waals surface area contributed by atoms with Gasteiger partial charge >= 0.3 is 11.9 Å². The van der Waals surface area contributed by atoms with Crippen LogP contribution in [-0.2, 0) is 9.59 Å². The van der Waals surface area contributed by atoms with Crippen molar-refractivity contribution in [2.45, 2.75) is 18.4 Å². The number of Topliss-reactive ketones (excluding diaryl/α,β-unsaturated/α-hetero) is 1. The van der Waals surface area contributed by atoms with E-state index in [2.05, 4.69) is 0 Å². The summed E-state index contributed by atoms with van der Waals surface area (Å²) in [5.74, 6) is -3.72. The van der Waals surface area contributed by atoms with Gasteiger partial charge in [-0.1, -0.05) is 12.1 Å². The second kappa shape index (κ2) is 5.49. The molecule has 1 aromatic carbocycles. The summed E-state index contributed by atoms with van der Waals surface area (Å²) < 4.78 is 0. The summed E-state index contributed by atoms with van der Waals surface area (Å²) in [6.07, 6.45) is -1.04. The molecule has 102 valence electrons. The first kappa shape index (κ1) is 14.7. The molecule has 19 heavy (non-hydrogen) atoms. The predicted molar refractivity (Wildman–Crippen MR) is 66.6 cm³/mol. The minimum absolute atomic E-state index is 0.0298. The van der Waals surface area contributed by atoms with Crippen LogP contribution in [0.5, 0.6) is 0 Å². The summed E-state index contributed by atoms with van der Waals surface area (Å²) in [7, 11) is 0. The first-order valence-electron chi connectivity index (χ1n) is 5.42. The molecule has 0 heterocycles.